The molecule has 0 radical (unpaired) electrons. The highest BCUT2D eigenvalue weighted by Crippen LogP contribution is 2.51. The van der Waals surface area contributed by atoms with Crippen LogP contribution in [0.25, 0.3) is 11.1 Å². The number of aromatic nitrogens is 1. The number of likely N-dealkylation sites (N-methyl/N-ethyl adjacent to an activating group) is 1. The average molecular weight is 513 g/mol. The smallest absolute Gasteiger partial charge is 0.270 e. The monoisotopic (exact) mass is 512 g/mol. The van der Waals surface area contributed by atoms with Crippen LogP contribution in [0.15, 0.2) is 72.9 Å². The van der Waals surface area contributed by atoms with Crippen LogP contribution in [-0.4, -0.2) is 54.4 Å². The summed E-state index contributed by atoms with van der Waals surface area (Å²) in [4.78, 5) is 32.4. The van der Waals surface area contributed by atoms with Crippen LogP contribution in [0.3, 0.4) is 0 Å². The molecule has 2 amide bonds. The van der Waals surface area contributed by atoms with Crippen LogP contribution < -0.4 is 10.6 Å². The van der Waals surface area contributed by atoms with Crippen molar-refractivity contribution in [3.05, 3.63) is 89.7 Å². The minimum Gasteiger partial charge on any atom is -0.358 e. The number of piperidine rings is 1. The number of nitrogens with zero attached hydrogens (tertiary/aromatic N) is 2. The highest BCUT2D eigenvalue weighted by molar-refractivity contribution is 6.00. The average Bonchev–Trinajstić information content (AvgIpc) is 3.28. The Labute approximate surface area is 226 Å². The van der Waals surface area contributed by atoms with Gasteiger partial charge in [0.05, 0.1) is 0 Å². The summed E-state index contributed by atoms with van der Waals surface area (Å²) in [6.07, 6.45) is 6.33. The maximum Gasteiger partial charge on any atom is 0.270 e. The lowest BCUT2D eigenvalue weighted by atomic mass is 9.73. The van der Waals surface area contributed by atoms with Crippen LogP contribution in [0.1, 0.15) is 67.6 Å². The van der Waals surface area contributed by atoms with Gasteiger partial charge in [0.25, 0.3) is 5.91 Å². The molecule has 0 saturated carbocycles. The zero-order valence-corrected chi connectivity index (χ0v) is 22.9. The predicted octanol–water partition coefficient (Wildman–Crippen LogP) is 5.19. The Morgan fingerprint density at radius 2 is 1.50 bits per heavy atom. The highest BCUT2D eigenvalue weighted by Gasteiger charge is 2.47. The molecule has 1 aliphatic carbocycles. The second-order valence-electron chi connectivity index (χ2n) is 9.84. The zero-order valence-electron chi connectivity index (χ0n) is 22.9. The van der Waals surface area contributed by atoms with E-state index in [4.69, 9.17) is 0 Å². The van der Waals surface area contributed by atoms with Gasteiger partial charge < -0.3 is 15.5 Å². The molecule has 200 valence electrons. The number of carbonyl (C=O) groups excluding carboxylic acids is 2. The molecule has 1 saturated heterocycles. The van der Waals surface area contributed by atoms with E-state index in [1.807, 2.05) is 38.1 Å². The van der Waals surface area contributed by atoms with Gasteiger partial charge in [-0.3, -0.25) is 14.6 Å². The molecular formula is C32H40N4O2. The predicted molar refractivity (Wildman–Crippen MR) is 153 cm³/mol. The molecule has 0 atom stereocenters. The van der Waals surface area contributed by atoms with Crippen molar-refractivity contribution in [2.45, 2.75) is 57.4 Å². The third-order valence-electron chi connectivity index (χ3n) is 7.78. The molecule has 5 rings (SSSR count). The van der Waals surface area contributed by atoms with Gasteiger partial charge in [0.1, 0.15) is 11.1 Å². The lowest BCUT2D eigenvalue weighted by molar-refractivity contribution is -0.125. The summed E-state index contributed by atoms with van der Waals surface area (Å²) in [5.41, 5.74) is 4.42. The van der Waals surface area contributed by atoms with Crippen molar-refractivity contribution in [2.24, 2.45) is 0 Å². The molecule has 38 heavy (non-hydrogen) atoms. The lowest BCUT2D eigenvalue weighted by Crippen LogP contribution is -2.45. The lowest BCUT2D eigenvalue weighted by Gasteiger charge is -2.33. The summed E-state index contributed by atoms with van der Waals surface area (Å²) in [7, 11) is 1.74. The number of amides is 2. The van der Waals surface area contributed by atoms with Crippen molar-refractivity contribution < 1.29 is 9.59 Å². The summed E-state index contributed by atoms with van der Waals surface area (Å²) in [5.74, 6) is -0.0185. The van der Waals surface area contributed by atoms with Crippen molar-refractivity contribution in [1.29, 1.82) is 0 Å². The van der Waals surface area contributed by atoms with E-state index in [2.05, 4.69) is 56.9 Å². The number of likely N-dealkylation sites (tertiary alicyclic amines) is 1. The van der Waals surface area contributed by atoms with Crippen molar-refractivity contribution in [3.8, 4) is 11.1 Å². The quantitative estimate of drug-likeness (QED) is 0.408. The molecule has 6 heteroatoms. The van der Waals surface area contributed by atoms with E-state index in [-0.39, 0.29) is 17.9 Å². The number of unbranched alkanes of at least 4 members (excludes halogenated alkanes) is 1. The number of rotatable bonds is 8. The van der Waals surface area contributed by atoms with Crippen molar-refractivity contribution in [2.75, 3.05) is 26.7 Å². The Bertz CT molecular complexity index is 1170. The summed E-state index contributed by atoms with van der Waals surface area (Å²) in [6, 6.07) is 22.3. The fourth-order valence-corrected chi connectivity index (χ4v) is 5.95. The Morgan fingerprint density at radius 1 is 0.895 bits per heavy atom. The summed E-state index contributed by atoms with van der Waals surface area (Å²) in [5, 5.41) is 6.09. The molecule has 2 aromatic carbocycles. The summed E-state index contributed by atoms with van der Waals surface area (Å²) < 4.78 is 0. The van der Waals surface area contributed by atoms with Gasteiger partial charge in [-0.25, -0.2) is 0 Å². The minimum absolute atomic E-state index is 0.0735. The van der Waals surface area contributed by atoms with Crippen molar-refractivity contribution >= 4 is 11.8 Å². The molecular weight excluding hydrogens is 472 g/mol. The van der Waals surface area contributed by atoms with E-state index >= 15 is 0 Å². The fraction of sp³-hybridized carbons (Fsp3) is 0.406. The maximum absolute atomic E-state index is 13.4. The van der Waals surface area contributed by atoms with Gasteiger partial charge in [-0.2, -0.15) is 0 Å². The van der Waals surface area contributed by atoms with E-state index in [0.717, 1.165) is 62.9 Å². The number of nitrogens with one attached hydrogen (secondary N) is 2. The zero-order chi connectivity index (χ0) is 27.0. The summed E-state index contributed by atoms with van der Waals surface area (Å²) >= 11 is 0. The number of pyridine rings is 1. The Kier molecular flexibility index (Phi) is 9.29. The third kappa shape index (κ3) is 5.51. The Balaban J connectivity index is 0.00000164. The first-order chi connectivity index (χ1) is 18.6. The molecule has 3 aromatic rings. The molecule has 2 heterocycles. The second-order valence-corrected chi connectivity index (χ2v) is 9.84. The van der Waals surface area contributed by atoms with Crippen LogP contribution in [0, 0.1) is 0 Å². The largest absolute Gasteiger partial charge is 0.358 e. The standard InChI is InChI=1S/C30H34N4O2.C2H6/c1-31-29(36)30(25-12-4-2-10-23(25)24-11-3-5-13-26(24)30)17-7-9-19-34-20-15-22(16-21-34)33-28(35)27-14-6-8-18-32-27;1-2/h2-6,8,10-14,18,22H,7,9,15-17,19-21H2,1H3,(H,31,36)(H,33,35);1-2H3. The number of benzene rings is 2. The first-order valence-electron chi connectivity index (χ1n) is 14.0. The topological polar surface area (TPSA) is 74.3 Å². The van der Waals surface area contributed by atoms with Crippen LogP contribution in [0.2, 0.25) is 0 Å². The summed E-state index contributed by atoms with van der Waals surface area (Å²) in [6.45, 7) is 6.95. The fourth-order valence-electron chi connectivity index (χ4n) is 5.95. The van der Waals surface area contributed by atoms with Crippen molar-refractivity contribution in [1.82, 2.24) is 20.5 Å². The highest BCUT2D eigenvalue weighted by atomic mass is 16.2. The molecule has 1 aliphatic heterocycles. The molecule has 2 aliphatic rings. The van der Waals surface area contributed by atoms with Crippen LogP contribution in [0.4, 0.5) is 0 Å². The molecule has 0 bridgehead atoms. The van der Waals surface area contributed by atoms with Gasteiger partial charge in [0.2, 0.25) is 5.91 Å². The number of hydrogen-bond donors (Lipinski definition) is 2. The SMILES string of the molecule is CC.CNC(=O)C1(CCCCN2CCC(NC(=O)c3ccccn3)CC2)c2ccccc2-c2ccccc21. The molecule has 2 N–H and O–H groups in total. The number of fused-ring (bicyclic) bond motifs is 3. The van der Waals surface area contributed by atoms with Crippen LogP contribution >= 0.6 is 0 Å². The second kappa shape index (κ2) is 12.8. The number of carbonyl (C=O) groups is 2. The third-order valence-corrected chi connectivity index (χ3v) is 7.78. The van der Waals surface area contributed by atoms with Gasteiger partial charge in [0, 0.05) is 32.4 Å². The normalized spacial score (nSPS) is 16.0. The van der Waals surface area contributed by atoms with Crippen LogP contribution in [0.5, 0.6) is 0 Å². The van der Waals surface area contributed by atoms with Crippen molar-refractivity contribution in [3.63, 3.8) is 0 Å². The first-order valence-corrected chi connectivity index (χ1v) is 14.0. The number of hydrogen-bond acceptors (Lipinski definition) is 4. The van der Waals surface area contributed by atoms with Gasteiger partial charge in [-0.15, -0.1) is 0 Å². The first kappa shape index (κ1) is 27.5. The van der Waals surface area contributed by atoms with Gasteiger partial charge in [0.15, 0.2) is 0 Å². The molecule has 0 unspecified atom stereocenters. The van der Waals surface area contributed by atoms with E-state index in [1.54, 1.807) is 19.3 Å². The van der Waals surface area contributed by atoms with E-state index < -0.39 is 5.41 Å². The molecule has 0 spiro atoms. The van der Waals surface area contributed by atoms with Gasteiger partial charge >= 0.3 is 0 Å². The van der Waals surface area contributed by atoms with E-state index in [9.17, 15) is 9.59 Å². The van der Waals surface area contributed by atoms with Gasteiger partial charge in [-0.1, -0.05) is 74.9 Å². The van der Waals surface area contributed by atoms with E-state index in [1.165, 1.54) is 11.1 Å². The Hall–Kier alpha value is -3.51. The van der Waals surface area contributed by atoms with E-state index in [0.29, 0.717) is 5.69 Å². The Morgan fingerprint density at radius 3 is 2.08 bits per heavy atom. The maximum atomic E-state index is 13.4. The van der Waals surface area contributed by atoms with Crippen LogP contribution in [-0.2, 0) is 10.2 Å². The minimum atomic E-state index is -0.634. The van der Waals surface area contributed by atoms with Gasteiger partial charge in [-0.05, 0) is 66.6 Å². The molecule has 1 aromatic heterocycles. The molecule has 6 nitrogen and oxygen atoms in total. The molecule has 1 fully saturated rings.